The Morgan fingerprint density at radius 2 is 2.00 bits per heavy atom. The van der Waals surface area contributed by atoms with Crippen molar-refractivity contribution in [1.29, 1.82) is 0 Å². The average molecular weight is 257 g/mol. The maximum absolute atomic E-state index is 11.6. The molecule has 2 aromatic rings. The highest BCUT2D eigenvalue weighted by molar-refractivity contribution is 5.94. The van der Waals surface area contributed by atoms with Crippen LogP contribution in [0.15, 0.2) is 47.8 Å². The van der Waals surface area contributed by atoms with Gasteiger partial charge < -0.3 is 10.2 Å². The first-order chi connectivity index (χ1) is 9.15. The number of hydrogen-bond donors (Lipinski definition) is 3. The van der Waals surface area contributed by atoms with Crippen LogP contribution in [0.1, 0.15) is 15.9 Å². The zero-order valence-electron chi connectivity index (χ0n) is 9.82. The van der Waals surface area contributed by atoms with Gasteiger partial charge in [-0.25, -0.2) is 5.43 Å². The van der Waals surface area contributed by atoms with E-state index in [1.54, 1.807) is 18.3 Å². The number of phenols is 2. The highest BCUT2D eigenvalue weighted by Gasteiger charge is 2.02. The van der Waals surface area contributed by atoms with Crippen LogP contribution in [0.3, 0.4) is 0 Å². The molecule has 1 aromatic carbocycles. The standard InChI is InChI=1S/C13H11N3O3/c17-11-4-9(5-12(18)6-11)7-15-16-13(19)10-2-1-3-14-8-10/h1-8,17-18H,(H,16,19)/b15-7+. The minimum Gasteiger partial charge on any atom is -0.508 e. The molecule has 1 heterocycles. The van der Waals surface area contributed by atoms with E-state index in [1.807, 2.05) is 0 Å². The van der Waals surface area contributed by atoms with Gasteiger partial charge in [0.25, 0.3) is 5.91 Å². The summed E-state index contributed by atoms with van der Waals surface area (Å²) in [6.45, 7) is 0. The van der Waals surface area contributed by atoms with Crippen LogP contribution in [-0.4, -0.2) is 27.3 Å². The van der Waals surface area contributed by atoms with Gasteiger partial charge in [-0.05, 0) is 24.3 Å². The lowest BCUT2D eigenvalue weighted by Crippen LogP contribution is -2.17. The minimum absolute atomic E-state index is 0.0833. The van der Waals surface area contributed by atoms with E-state index in [4.69, 9.17) is 0 Å². The van der Waals surface area contributed by atoms with Gasteiger partial charge in [0.2, 0.25) is 0 Å². The first-order valence-electron chi connectivity index (χ1n) is 5.41. The van der Waals surface area contributed by atoms with Crippen LogP contribution in [-0.2, 0) is 0 Å². The molecule has 0 spiro atoms. The predicted octanol–water partition coefficient (Wildman–Crippen LogP) is 1.26. The number of amides is 1. The molecule has 0 radical (unpaired) electrons. The van der Waals surface area contributed by atoms with Crippen LogP contribution in [0.4, 0.5) is 0 Å². The van der Waals surface area contributed by atoms with Crippen molar-refractivity contribution in [2.75, 3.05) is 0 Å². The maximum Gasteiger partial charge on any atom is 0.272 e. The highest BCUT2D eigenvalue weighted by Crippen LogP contribution is 2.18. The molecule has 1 aromatic heterocycles. The molecule has 0 saturated carbocycles. The number of hydrogen-bond acceptors (Lipinski definition) is 5. The molecule has 2 rings (SSSR count). The molecule has 0 unspecified atom stereocenters. The summed E-state index contributed by atoms with van der Waals surface area (Å²) in [5.41, 5.74) is 3.16. The number of pyridine rings is 1. The molecule has 19 heavy (non-hydrogen) atoms. The number of rotatable bonds is 3. The van der Waals surface area contributed by atoms with Gasteiger partial charge in [-0.15, -0.1) is 0 Å². The summed E-state index contributed by atoms with van der Waals surface area (Å²) in [6.07, 6.45) is 4.30. The van der Waals surface area contributed by atoms with Gasteiger partial charge >= 0.3 is 0 Å². The summed E-state index contributed by atoms with van der Waals surface area (Å²) < 4.78 is 0. The molecule has 0 atom stereocenters. The molecule has 1 amide bonds. The third-order valence-corrected chi connectivity index (χ3v) is 2.23. The second-order valence-electron chi connectivity index (χ2n) is 3.72. The van der Waals surface area contributed by atoms with E-state index >= 15 is 0 Å². The fraction of sp³-hybridized carbons (Fsp3) is 0. The zero-order valence-corrected chi connectivity index (χ0v) is 9.82. The number of benzene rings is 1. The number of nitrogens with zero attached hydrogens (tertiary/aromatic N) is 2. The number of aromatic nitrogens is 1. The molecule has 0 saturated heterocycles. The Labute approximate surface area is 109 Å². The van der Waals surface area contributed by atoms with Crippen molar-refractivity contribution in [2.45, 2.75) is 0 Å². The van der Waals surface area contributed by atoms with Gasteiger partial charge in [-0.2, -0.15) is 5.10 Å². The van der Waals surface area contributed by atoms with Crippen molar-refractivity contribution in [3.8, 4) is 11.5 Å². The zero-order chi connectivity index (χ0) is 13.7. The molecular weight excluding hydrogens is 246 g/mol. The van der Waals surface area contributed by atoms with Crippen molar-refractivity contribution >= 4 is 12.1 Å². The Morgan fingerprint density at radius 1 is 1.26 bits per heavy atom. The van der Waals surface area contributed by atoms with Gasteiger partial charge in [0.15, 0.2) is 0 Å². The number of carbonyl (C=O) groups excluding carboxylic acids is 1. The highest BCUT2D eigenvalue weighted by atomic mass is 16.3. The van der Waals surface area contributed by atoms with Gasteiger partial charge in [-0.1, -0.05) is 0 Å². The molecule has 0 fully saturated rings. The number of carbonyl (C=O) groups is 1. The fourth-order valence-corrected chi connectivity index (χ4v) is 1.42. The van der Waals surface area contributed by atoms with Crippen molar-refractivity contribution < 1.29 is 15.0 Å². The third kappa shape index (κ3) is 3.53. The largest absolute Gasteiger partial charge is 0.508 e. The summed E-state index contributed by atoms with van der Waals surface area (Å²) in [4.78, 5) is 15.4. The SMILES string of the molecule is O=C(N/N=C/c1cc(O)cc(O)c1)c1cccnc1. The Hall–Kier alpha value is -2.89. The van der Waals surface area contributed by atoms with E-state index in [9.17, 15) is 15.0 Å². The first kappa shape index (κ1) is 12.6. The number of hydrazone groups is 1. The summed E-state index contributed by atoms with van der Waals surface area (Å²) in [5, 5.41) is 22.3. The second-order valence-corrected chi connectivity index (χ2v) is 3.72. The average Bonchev–Trinajstić information content (AvgIpc) is 2.38. The molecule has 6 heteroatoms. The molecule has 96 valence electrons. The molecule has 0 aliphatic heterocycles. The maximum atomic E-state index is 11.6. The molecule has 3 N–H and O–H groups in total. The minimum atomic E-state index is -0.395. The first-order valence-corrected chi connectivity index (χ1v) is 5.41. The molecule has 0 aliphatic carbocycles. The van der Waals surface area contributed by atoms with Gasteiger partial charge in [-0.3, -0.25) is 9.78 Å². The van der Waals surface area contributed by atoms with Gasteiger partial charge in [0, 0.05) is 24.0 Å². The molecule has 0 bridgehead atoms. The van der Waals surface area contributed by atoms with Crippen molar-refractivity contribution in [3.63, 3.8) is 0 Å². The normalized spacial score (nSPS) is 10.5. The van der Waals surface area contributed by atoms with Crippen LogP contribution in [0.25, 0.3) is 0 Å². The summed E-state index contributed by atoms with van der Waals surface area (Å²) in [5.74, 6) is -0.561. The van der Waals surface area contributed by atoms with Crippen LogP contribution in [0, 0.1) is 0 Å². The lowest BCUT2D eigenvalue weighted by Gasteiger charge is -1.99. The molecule has 0 aliphatic rings. The summed E-state index contributed by atoms with van der Waals surface area (Å²) in [7, 11) is 0. The van der Waals surface area contributed by atoms with Crippen LogP contribution >= 0.6 is 0 Å². The van der Waals surface area contributed by atoms with Crippen LogP contribution < -0.4 is 5.43 Å². The van der Waals surface area contributed by atoms with E-state index in [0.29, 0.717) is 11.1 Å². The van der Waals surface area contributed by atoms with Gasteiger partial charge in [0.1, 0.15) is 11.5 Å². The quantitative estimate of drug-likeness (QED) is 0.569. The third-order valence-electron chi connectivity index (χ3n) is 2.23. The Bertz CT molecular complexity index is 592. The molecule has 6 nitrogen and oxygen atoms in total. The summed E-state index contributed by atoms with van der Waals surface area (Å²) in [6, 6.07) is 7.26. The smallest absolute Gasteiger partial charge is 0.272 e. The predicted molar refractivity (Wildman–Crippen MR) is 69.1 cm³/mol. The summed E-state index contributed by atoms with van der Waals surface area (Å²) >= 11 is 0. The van der Waals surface area contributed by atoms with Crippen LogP contribution in [0.5, 0.6) is 11.5 Å². The van der Waals surface area contributed by atoms with Crippen molar-refractivity contribution in [2.24, 2.45) is 5.10 Å². The molecular formula is C13H11N3O3. The Balaban J connectivity index is 2.02. The van der Waals surface area contributed by atoms with E-state index in [-0.39, 0.29) is 11.5 Å². The van der Waals surface area contributed by atoms with E-state index < -0.39 is 5.91 Å². The van der Waals surface area contributed by atoms with E-state index in [0.717, 1.165) is 0 Å². The topological polar surface area (TPSA) is 94.8 Å². The number of phenolic OH excluding ortho intramolecular Hbond substituents is 2. The van der Waals surface area contributed by atoms with Crippen molar-refractivity contribution in [1.82, 2.24) is 10.4 Å². The lowest BCUT2D eigenvalue weighted by molar-refractivity contribution is 0.0955. The van der Waals surface area contributed by atoms with Crippen LogP contribution in [0.2, 0.25) is 0 Å². The Kier molecular flexibility index (Phi) is 3.72. The van der Waals surface area contributed by atoms with Gasteiger partial charge in [0.05, 0.1) is 11.8 Å². The van der Waals surface area contributed by atoms with E-state index in [1.165, 1.54) is 30.6 Å². The Morgan fingerprint density at radius 3 is 2.63 bits per heavy atom. The number of aromatic hydroxyl groups is 2. The fourth-order valence-electron chi connectivity index (χ4n) is 1.42. The number of nitrogens with one attached hydrogen (secondary N) is 1. The lowest BCUT2D eigenvalue weighted by atomic mass is 10.2. The second kappa shape index (κ2) is 5.63. The van der Waals surface area contributed by atoms with E-state index in [2.05, 4.69) is 15.5 Å². The monoisotopic (exact) mass is 257 g/mol. The van der Waals surface area contributed by atoms with Crippen molar-refractivity contribution in [3.05, 3.63) is 53.9 Å².